The van der Waals surface area contributed by atoms with Crippen molar-refractivity contribution in [1.29, 1.82) is 0 Å². The standard InChI is InChI=1S/C14H16N2O2/c17-14(16-10-4-3-7-18-9-10)12-8-15-13-6-2-1-5-11(12)13/h1-2,5-6,8,10,15H,3-4,7,9H2,(H,16,17). The van der Waals surface area contributed by atoms with Crippen molar-refractivity contribution in [2.24, 2.45) is 0 Å². The van der Waals surface area contributed by atoms with Gasteiger partial charge in [-0.15, -0.1) is 0 Å². The summed E-state index contributed by atoms with van der Waals surface area (Å²) in [6.07, 6.45) is 3.77. The number of carbonyl (C=O) groups is 1. The van der Waals surface area contributed by atoms with Gasteiger partial charge in [-0.2, -0.15) is 0 Å². The minimum atomic E-state index is -0.0250. The monoisotopic (exact) mass is 244 g/mol. The number of nitrogens with one attached hydrogen (secondary N) is 2. The molecule has 1 fully saturated rings. The normalized spacial score (nSPS) is 19.9. The summed E-state index contributed by atoms with van der Waals surface area (Å²) in [7, 11) is 0. The maximum Gasteiger partial charge on any atom is 0.253 e. The van der Waals surface area contributed by atoms with E-state index in [0.29, 0.717) is 12.2 Å². The van der Waals surface area contributed by atoms with Crippen molar-refractivity contribution >= 4 is 16.8 Å². The van der Waals surface area contributed by atoms with E-state index >= 15 is 0 Å². The number of ether oxygens (including phenoxy) is 1. The molecule has 1 aromatic heterocycles. The van der Waals surface area contributed by atoms with Crippen LogP contribution in [0.1, 0.15) is 23.2 Å². The number of aromatic nitrogens is 1. The molecule has 0 aliphatic carbocycles. The number of amides is 1. The van der Waals surface area contributed by atoms with Gasteiger partial charge in [0, 0.05) is 23.7 Å². The third-order valence-electron chi connectivity index (χ3n) is 3.33. The first-order chi connectivity index (χ1) is 8.84. The number of hydrogen-bond acceptors (Lipinski definition) is 2. The Kier molecular flexibility index (Phi) is 3.02. The van der Waals surface area contributed by atoms with Crippen LogP contribution in [0.5, 0.6) is 0 Å². The predicted octanol–water partition coefficient (Wildman–Crippen LogP) is 2.08. The summed E-state index contributed by atoms with van der Waals surface area (Å²) in [5.41, 5.74) is 1.69. The topological polar surface area (TPSA) is 54.1 Å². The van der Waals surface area contributed by atoms with E-state index in [1.54, 1.807) is 6.20 Å². The Labute approximate surface area is 105 Å². The van der Waals surface area contributed by atoms with Gasteiger partial charge >= 0.3 is 0 Å². The van der Waals surface area contributed by atoms with Gasteiger partial charge in [0.2, 0.25) is 0 Å². The fraction of sp³-hybridized carbons (Fsp3) is 0.357. The third-order valence-corrected chi connectivity index (χ3v) is 3.33. The van der Waals surface area contributed by atoms with Crippen LogP contribution in [-0.2, 0) is 4.74 Å². The first-order valence-electron chi connectivity index (χ1n) is 6.29. The second kappa shape index (κ2) is 4.82. The van der Waals surface area contributed by atoms with Gasteiger partial charge in [0.15, 0.2) is 0 Å². The molecule has 0 radical (unpaired) electrons. The molecule has 1 aromatic carbocycles. The Morgan fingerprint density at radius 2 is 2.28 bits per heavy atom. The van der Waals surface area contributed by atoms with Crippen LogP contribution in [0.15, 0.2) is 30.5 Å². The highest BCUT2D eigenvalue weighted by molar-refractivity contribution is 6.06. The van der Waals surface area contributed by atoms with Crippen molar-refractivity contribution in [2.45, 2.75) is 18.9 Å². The zero-order valence-corrected chi connectivity index (χ0v) is 10.1. The molecule has 0 saturated carbocycles. The SMILES string of the molecule is O=C(NC1CCCOC1)c1c[nH]c2ccccc12. The van der Waals surface area contributed by atoms with Crippen molar-refractivity contribution in [1.82, 2.24) is 10.3 Å². The van der Waals surface area contributed by atoms with Gasteiger partial charge in [0.1, 0.15) is 0 Å². The summed E-state index contributed by atoms with van der Waals surface area (Å²) in [6.45, 7) is 1.42. The van der Waals surface area contributed by atoms with Crippen LogP contribution in [0.4, 0.5) is 0 Å². The lowest BCUT2D eigenvalue weighted by molar-refractivity contribution is 0.0625. The summed E-state index contributed by atoms with van der Waals surface area (Å²) < 4.78 is 5.37. The summed E-state index contributed by atoms with van der Waals surface area (Å²) >= 11 is 0. The van der Waals surface area contributed by atoms with E-state index < -0.39 is 0 Å². The van der Waals surface area contributed by atoms with E-state index in [9.17, 15) is 4.79 Å². The number of carbonyl (C=O) groups excluding carboxylic acids is 1. The van der Waals surface area contributed by atoms with Crippen LogP contribution in [0.2, 0.25) is 0 Å². The molecule has 94 valence electrons. The number of rotatable bonds is 2. The van der Waals surface area contributed by atoms with Gasteiger partial charge in [-0.25, -0.2) is 0 Å². The molecule has 1 saturated heterocycles. The number of para-hydroxylation sites is 1. The molecule has 0 spiro atoms. The van der Waals surface area contributed by atoms with Gasteiger partial charge in [-0.3, -0.25) is 4.79 Å². The van der Waals surface area contributed by atoms with E-state index in [-0.39, 0.29) is 11.9 Å². The first kappa shape index (κ1) is 11.3. The predicted molar refractivity (Wildman–Crippen MR) is 69.6 cm³/mol. The smallest absolute Gasteiger partial charge is 0.253 e. The fourth-order valence-corrected chi connectivity index (χ4v) is 2.38. The van der Waals surface area contributed by atoms with E-state index in [1.165, 1.54) is 0 Å². The van der Waals surface area contributed by atoms with Crippen molar-refractivity contribution in [3.05, 3.63) is 36.0 Å². The van der Waals surface area contributed by atoms with Gasteiger partial charge in [0.05, 0.1) is 18.2 Å². The van der Waals surface area contributed by atoms with Gasteiger partial charge < -0.3 is 15.0 Å². The van der Waals surface area contributed by atoms with E-state index in [2.05, 4.69) is 10.3 Å². The van der Waals surface area contributed by atoms with Gasteiger partial charge in [0.25, 0.3) is 5.91 Å². The van der Waals surface area contributed by atoms with Crippen molar-refractivity contribution in [3.8, 4) is 0 Å². The molecule has 1 aliphatic rings. The lowest BCUT2D eigenvalue weighted by Gasteiger charge is -2.22. The molecular formula is C14H16N2O2. The zero-order chi connectivity index (χ0) is 12.4. The highest BCUT2D eigenvalue weighted by atomic mass is 16.5. The van der Waals surface area contributed by atoms with Gasteiger partial charge in [-0.1, -0.05) is 18.2 Å². The molecule has 2 N–H and O–H groups in total. The highest BCUT2D eigenvalue weighted by Crippen LogP contribution is 2.18. The molecule has 18 heavy (non-hydrogen) atoms. The molecule has 2 aromatic rings. The van der Waals surface area contributed by atoms with Crippen LogP contribution >= 0.6 is 0 Å². The van der Waals surface area contributed by atoms with Crippen molar-refractivity contribution < 1.29 is 9.53 Å². The number of benzene rings is 1. The largest absolute Gasteiger partial charge is 0.379 e. The Balaban J connectivity index is 1.79. The lowest BCUT2D eigenvalue weighted by Crippen LogP contribution is -2.40. The average Bonchev–Trinajstić information content (AvgIpc) is 2.84. The maximum atomic E-state index is 12.2. The van der Waals surface area contributed by atoms with Crippen LogP contribution in [0, 0.1) is 0 Å². The lowest BCUT2D eigenvalue weighted by atomic mass is 10.1. The number of aromatic amines is 1. The number of H-pyrrole nitrogens is 1. The average molecular weight is 244 g/mol. The summed E-state index contributed by atoms with van der Waals surface area (Å²) in [6, 6.07) is 7.96. The summed E-state index contributed by atoms with van der Waals surface area (Å²) in [4.78, 5) is 15.3. The summed E-state index contributed by atoms with van der Waals surface area (Å²) in [5, 5.41) is 3.99. The Morgan fingerprint density at radius 1 is 1.39 bits per heavy atom. The Morgan fingerprint density at radius 3 is 3.11 bits per heavy atom. The highest BCUT2D eigenvalue weighted by Gasteiger charge is 2.18. The molecular weight excluding hydrogens is 228 g/mol. The van der Waals surface area contributed by atoms with Crippen molar-refractivity contribution in [3.63, 3.8) is 0 Å². The Hall–Kier alpha value is -1.81. The van der Waals surface area contributed by atoms with Crippen molar-refractivity contribution in [2.75, 3.05) is 13.2 Å². The van der Waals surface area contributed by atoms with Crippen LogP contribution < -0.4 is 5.32 Å². The summed E-state index contributed by atoms with van der Waals surface area (Å²) in [5.74, 6) is -0.0250. The molecule has 1 amide bonds. The number of hydrogen-bond donors (Lipinski definition) is 2. The second-order valence-corrected chi connectivity index (χ2v) is 4.64. The number of fused-ring (bicyclic) bond motifs is 1. The molecule has 1 atom stereocenters. The molecule has 1 aliphatic heterocycles. The van der Waals surface area contributed by atoms with Crippen LogP contribution in [0.25, 0.3) is 10.9 Å². The van der Waals surface area contributed by atoms with E-state index in [1.807, 2.05) is 24.3 Å². The second-order valence-electron chi connectivity index (χ2n) is 4.64. The minimum absolute atomic E-state index is 0.0250. The molecule has 3 rings (SSSR count). The molecule has 1 unspecified atom stereocenters. The van der Waals surface area contributed by atoms with E-state index in [0.717, 1.165) is 30.4 Å². The molecule has 4 heteroatoms. The molecule has 0 bridgehead atoms. The minimum Gasteiger partial charge on any atom is -0.379 e. The van der Waals surface area contributed by atoms with Crippen LogP contribution in [0.3, 0.4) is 0 Å². The fourth-order valence-electron chi connectivity index (χ4n) is 2.38. The maximum absolute atomic E-state index is 12.2. The quantitative estimate of drug-likeness (QED) is 0.849. The zero-order valence-electron chi connectivity index (χ0n) is 10.1. The van der Waals surface area contributed by atoms with Gasteiger partial charge in [-0.05, 0) is 18.9 Å². The third kappa shape index (κ3) is 2.11. The van der Waals surface area contributed by atoms with Crippen LogP contribution in [-0.4, -0.2) is 30.1 Å². The molecule has 4 nitrogen and oxygen atoms in total. The Bertz CT molecular complexity index is 556. The van der Waals surface area contributed by atoms with E-state index in [4.69, 9.17) is 4.74 Å². The first-order valence-corrected chi connectivity index (χ1v) is 6.29. The molecule has 2 heterocycles.